The number of aliphatic carboxylic acids is 2. The molecule has 142 valence electrons. The van der Waals surface area contributed by atoms with Crippen molar-refractivity contribution in [3.63, 3.8) is 0 Å². The van der Waals surface area contributed by atoms with Gasteiger partial charge in [0.25, 0.3) is 0 Å². The Morgan fingerprint density at radius 2 is 1.12 bits per heavy atom. The van der Waals surface area contributed by atoms with Gasteiger partial charge in [-0.1, -0.05) is 19.3 Å². The van der Waals surface area contributed by atoms with E-state index < -0.39 is 29.3 Å². The minimum absolute atomic E-state index is 0.0833. The number of hydrogen-bond acceptors (Lipinski definition) is 4. The van der Waals surface area contributed by atoms with Gasteiger partial charge in [0, 0.05) is 0 Å². The van der Waals surface area contributed by atoms with Crippen LogP contribution in [0.4, 0.5) is 0 Å². The average molecular weight is 366 g/mol. The Labute approximate surface area is 150 Å². The van der Waals surface area contributed by atoms with E-state index >= 15 is 0 Å². The molecule has 0 saturated heterocycles. The van der Waals surface area contributed by atoms with Gasteiger partial charge >= 0.3 is 23.9 Å². The Bertz CT molecular complexity index is 624. The van der Waals surface area contributed by atoms with Crippen LogP contribution in [0.15, 0.2) is 24.3 Å². The van der Waals surface area contributed by atoms with Crippen molar-refractivity contribution >= 4 is 23.9 Å². The quantitative estimate of drug-likeness (QED) is 0.581. The molecular formula is C18H22O8. The van der Waals surface area contributed by atoms with Crippen LogP contribution in [0.25, 0.3) is 0 Å². The number of aromatic carboxylic acids is 2. The molecule has 8 nitrogen and oxygen atoms in total. The molecule has 0 spiro atoms. The van der Waals surface area contributed by atoms with Gasteiger partial charge in [0.05, 0.1) is 11.1 Å². The third kappa shape index (κ3) is 5.05. The third-order valence-electron chi connectivity index (χ3n) is 4.69. The van der Waals surface area contributed by atoms with Crippen LogP contribution in [-0.2, 0) is 9.59 Å². The second kappa shape index (κ2) is 8.98. The van der Waals surface area contributed by atoms with Gasteiger partial charge in [0.2, 0.25) is 0 Å². The maximum absolute atomic E-state index is 11.0. The first-order chi connectivity index (χ1) is 12.1. The lowest BCUT2D eigenvalue weighted by molar-refractivity contribution is -0.168. The Morgan fingerprint density at radius 1 is 0.769 bits per heavy atom. The van der Waals surface area contributed by atoms with Gasteiger partial charge in [0.15, 0.2) is 5.41 Å². The summed E-state index contributed by atoms with van der Waals surface area (Å²) in [7, 11) is 0. The van der Waals surface area contributed by atoms with Gasteiger partial charge in [-0.25, -0.2) is 9.59 Å². The summed E-state index contributed by atoms with van der Waals surface area (Å²) in [6, 6.07) is 5.02. The predicted molar refractivity (Wildman–Crippen MR) is 90.3 cm³/mol. The van der Waals surface area contributed by atoms with Crippen LogP contribution in [0.2, 0.25) is 0 Å². The largest absolute Gasteiger partial charge is 0.480 e. The maximum atomic E-state index is 11.0. The smallest absolute Gasteiger partial charge is 0.335 e. The third-order valence-corrected chi connectivity index (χ3v) is 4.69. The van der Waals surface area contributed by atoms with Crippen molar-refractivity contribution in [2.24, 2.45) is 11.3 Å². The molecule has 0 heterocycles. The molecule has 1 aromatic rings. The summed E-state index contributed by atoms with van der Waals surface area (Å²) < 4.78 is 0. The first-order valence-corrected chi connectivity index (χ1v) is 8.14. The molecule has 2 rings (SSSR count). The van der Waals surface area contributed by atoms with E-state index in [0.717, 1.165) is 32.1 Å². The molecule has 1 saturated carbocycles. The lowest BCUT2D eigenvalue weighted by Gasteiger charge is -2.32. The van der Waals surface area contributed by atoms with Gasteiger partial charge in [-0.05, 0) is 49.9 Å². The van der Waals surface area contributed by atoms with Crippen molar-refractivity contribution in [1.82, 2.24) is 0 Å². The van der Waals surface area contributed by atoms with Crippen molar-refractivity contribution in [3.05, 3.63) is 35.4 Å². The Kier molecular flexibility index (Phi) is 7.30. The SMILES string of the molecule is CC(C(=O)O)(C(=O)O)C1CCCCC1.O=C(O)c1ccc(C(=O)O)cc1. The highest BCUT2D eigenvalue weighted by atomic mass is 16.4. The molecule has 0 aromatic heterocycles. The molecule has 0 aliphatic heterocycles. The number of carbonyl (C=O) groups is 4. The molecule has 1 aliphatic carbocycles. The van der Waals surface area contributed by atoms with Crippen LogP contribution in [0.3, 0.4) is 0 Å². The summed E-state index contributed by atoms with van der Waals surface area (Å²) in [6.45, 7) is 1.33. The molecule has 1 fully saturated rings. The molecule has 0 amide bonds. The number of carboxylic acid groups (broad SMARTS) is 4. The fourth-order valence-electron chi connectivity index (χ4n) is 2.88. The van der Waals surface area contributed by atoms with Gasteiger partial charge in [-0.15, -0.1) is 0 Å². The summed E-state index contributed by atoms with van der Waals surface area (Å²) in [5.41, 5.74) is -1.43. The van der Waals surface area contributed by atoms with E-state index in [1.807, 2.05) is 0 Å². The summed E-state index contributed by atoms with van der Waals surface area (Å²) >= 11 is 0. The number of hydrogen-bond donors (Lipinski definition) is 4. The second-order valence-corrected chi connectivity index (χ2v) is 6.34. The molecule has 1 aromatic carbocycles. The van der Waals surface area contributed by atoms with Crippen molar-refractivity contribution in [3.8, 4) is 0 Å². The lowest BCUT2D eigenvalue weighted by atomic mass is 9.70. The highest BCUT2D eigenvalue weighted by Gasteiger charge is 2.48. The highest BCUT2D eigenvalue weighted by Crippen LogP contribution is 2.39. The predicted octanol–water partition coefficient (Wildman–Crippen LogP) is 2.83. The molecule has 0 unspecified atom stereocenters. The van der Waals surface area contributed by atoms with E-state index in [1.54, 1.807) is 0 Å². The van der Waals surface area contributed by atoms with E-state index in [1.165, 1.54) is 31.2 Å². The molecule has 0 bridgehead atoms. The molecule has 4 N–H and O–H groups in total. The molecular weight excluding hydrogens is 344 g/mol. The number of benzene rings is 1. The van der Waals surface area contributed by atoms with Crippen LogP contribution in [0.5, 0.6) is 0 Å². The fourth-order valence-corrected chi connectivity index (χ4v) is 2.88. The Balaban J connectivity index is 0.000000263. The maximum Gasteiger partial charge on any atom is 0.335 e. The summed E-state index contributed by atoms with van der Waals surface area (Å²) in [4.78, 5) is 42.6. The van der Waals surface area contributed by atoms with Crippen molar-refractivity contribution in [2.45, 2.75) is 39.0 Å². The van der Waals surface area contributed by atoms with Crippen LogP contribution in [-0.4, -0.2) is 44.3 Å². The van der Waals surface area contributed by atoms with E-state index in [-0.39, 0.29) is 17.0 Å². The molecule has 0 radical (unpaired) electrons. The zero-order valence-corrected chi connectivity index (χ0v) is 14.3. The van der Waals surface area contributed by atoms with E-state index in [0.29, 0.717) is 0 Å². The van der Waals surface area contributed by atoms with E-state index in [9.17, 15) is 19.2 Å². The molecule has 1 aliphatic rings. The standard InChI is InChI=1S/C10H16O4.C8H6O4/c1-10(8(11)12,9(13)14)7-5-3-2-4-6-7;9-7(10)5-1-2-6(4-3-5)8(11)12/h7H,2-6H2,1H3,(H,11,12)(H,13,14);1-4H,(H,9,10)(H,11,12). The zero-order chi connectivity index (χ0) is 19.9. The monoisotopic (exact) mass is 366 g/mol. The zero-order valence-electron chi connectivity index (χ0n) is 14.3. The second-order valence-electron chi connectivity index (χ2n) is 6.34. The molecule has 26 heavy (non-hydrogen) atoms. The minimum atomic E-state index is -1.60. The van der Waals surface area contributed by atoms with E-state index in [2.05, 4.69) is 0 Å². The fraction of sp³-hybridized carbons (Fsp3) is 0.444. The van der Waals surface area contributed by atoms with Crippen molar-refractivity contribution in [1.29, 1.82) is 0 Å². The summed E-state index contributed by atoms with van der Waals surface area (Å²) in [5.74, 6) is -4.76. The first-order valence-electron chi connectivity index (χ1n) is 8.14. The van der Waals surface area contributed by atoms with Gasteiger partial charge in [0.1, 0.15) is 0 Å². The molecule has 0 atom stereocenters. The van der Waals surface area contributed by atoms with Crippen LogP contribution in [0.1, 0.15) is 59.7 Å². The molecule has 8 heteroatoms. The average Bonchev–Trinajstić information content (AvgIpc) is 2.61. The number of rotatable bonds is 5. The Morgan fingerprint density at radius 3 is 1.38 bits per heavy atom. The highest BCUT2D eigenvalue weighted by molar-refractivity contribution is 5.98. The van der Waals surface area contributed by atoms with Gasteiger partial charge in [-0.3, -0.25) is 9.59 Å². The first kappa shape index (κ1) is 21.1. The lowest BCUT2D eigenvalue weighted by Crippen LogP contribution is -2.43. The minimum Gasteiger partial charge on any atom is -0.480 e. The van der Waals surface area contributed by atoms with Gasteiger partial charge < -0.3 is 20.4 Å². The van der Waals surface area contributed by atoms with Crippen LogP contribution < -0.4 is 0 Å². The summed E-state index contributed by atoms with van der Waals surface area (Å²) in [6.07, 6.45) is 4.41. The topological polar surface area (TPSA) is 149 Å². The van der Waals surface area contributed by atoms with Gasteiger partial charge in [-0.2, -0.15) is 0 Å². The van der Waals surface area contributed by atoms with Crippen molar-refractivity contribution in [2.75, 3.05) is 0 Å². The van der Waals surface area contributed by atoms with Crippen molar-refractivity contribution < 1.29 is 39.6 Å². The summed E-state index contributed by atoms with van der Waals surface area (Å²) in [5, 5.41) is 34.9. The van der Waals surface area contributed by atoms with E-state index in [4.69, 9.17) is 20.4 Å². The van der Waals surface area contributed by atoms with Crippen LogP contribution in [0, 0.1) is 11.3 Å². The van der Waals surface area contributed by atoms with Crippen LogP contribution >= 0.6 is 0 Å². The Hall–Kier alpha value is -2.90. The normalized spacial score (nSPS) is 14.7. The number of carboxylic acids is 4.